The molecule has 0 spiro atoms. The van der Waals surface area contributed by atoms with Gasteiger partial charge < -0.3 is 14.2 Å². The molecule has 0 heterocycles. The van der Waals surface area contributed by atoms with Gasteiger partial charge in [0.2, 0.25) is 0 Å². The van der Waals surface area contributed by atoms with Crippen LogP contribution in [0.25, 0.3) is 0 Å². The summed E-state index contributed by atoms with van der Waals surface area (Å²) in [4.78, 5) is 37.2. The number of rotatable bonds is 33. The third-order valence-corrected chi connectivity index (χ3v) is 8.47. The van der Waals surface area contributed by atoms with Gasteiger partial charge in [0.1, 0.15) is 13.2 Å². The minimum atomic E-state index is -0.758. The minimum absolute atomic E-state index is 0.0681. The molecule has 0 bridgehead atoms. The second-order valence-corrected chi connectivity index (χ2v) is 14.2. The normalized spacial score (nSPS) is 12.1. The second kappa shape index (κ2) is 32.4. The Balaban J connectivity index is 4.25. The van der Waals surface area contributed by atoms with Gasteiger partial charge in [0.05, 0.1) is 0 Å². The zero-order valence-electron chi connectivity index (χ0n) is 30.5. The molecule has 0 N–H and O–H groups in total. The molecule has 0 aliphatic rings. The Morgan fingerprint density at radius 1 is 0.422 bits per heavy atom. The maximum atomic E-state index is 12.5. The van der Waals surface area contributed by atoms with Crippen molar-refractivity contribution in [3.63, 3.8) is 0 Å². The molecule has 0 saturated heterocycles. The first-order valence-electron chi connectivity index (χ1n) is 19.2. The Morgan fingerprint density at radius 2 is 0.733 bits per heavy atom. The fourth-order valence-electron chi connectivity index (χ4n) is 5.52. The molecule has 0 amide bonds. The van der Waals surface area contributed by atoms with E-state index in [0.29, 0.717) is 19.3 Å². The van der Waals surface area contributed by atoms with Gasteiger partial charge in [-0.25, -0.2) is 0 Å². The summed E-state index contributed by atoms with van der Waals surface area (Å²) in [5.41, 5.74) is 0. The van der Waals surface area contributed by atoms with E-state index in [1.54, 1.807) is 0 Å². The summed E-state index contributed by atoms with van der Waals surface area (Å²) < 4.78 is 16.5. The molecule has 0 aliphatic heterocycles. The van der Waals surface area contributed by atoms with E-state index in [-0.39, 0.29) is 31.1 Å². The highest BCUT2D eigenvalue weighted by atomic mass is 16.6. The quantitative estimate of drug-likeness (QED) is 0.0404. The first-order chi connectivity index (χ1) is 21.7. The fraction of sp³-hybridized carbons (Fsp3) is 0.923. The van der Waals surface area contributed by atoms with E-state index in [9.17, 15) is 14.4 Å². The van der Waals surface area contributed by atoms with Crippen LogP contribution in [-0.2, 0) is 28.6 Å². The first kappa shape index (κ1) is 43.4. The largest absolute Gasteiger partial charge is 0.462 e. The number of carbonyl (C=O) groups excluding carboxylic acids is 3. The van der Waals surface area contributed by atoms with Gasteiger partial charge in [0.15, 0.2) is 6.10 Å². The molecule has 0 aromatic rings. The van der Waals surface area contributed by atoms with Crippen molar-refractivity contribution in [2.24, 2.45) is 11.8 Å². The number of ether oxygens (including phenoxy) is 3. The third kappa shape index (κ3) is 33.6. The highest BCUT2D eigenvalue weighted by molar-refractivity contribution is 5.71. The van der Waals surface area contributed by atoms with Gasteiger partial charge in [-0.3, -0.25) is 14.4 Å². The molecule has 0 saturated carbocycles. The summed E-state index contributed by atoms with van der Waals surface area (Å²) in [5, 5.41) is 0. The van der Waals surface area contributed by atoms with Gasteiger partial charge in [-0.1, -0.05) is 163 Å². The highest BCUT2D eigenvalue weighted by Crippen LogP contribution is 2.15. The lowest BCUT2D eigenvalue weighted by molar-refractivity contribution is -0.167. The molecule has 6 heteroatoms. The first-order valence-corrected chi connectivity index (χ1v) is 19.2. The van der Waals surface area contributed by atoms with E-state index >= 15 is 0 Å². The maximum absolute atomic E-state index is 12.5. The highest BCUT2D eigenvalue weighted by Gasteiger charge is 2.19. The molecule has 0 aliphatic carbocycles. The Kier molecular flexibility index (Phi) is 31.2. The van der Waals surface area contributed by atoms with E-state index in [4.69, 9.17) is 14.2 Å². The Morgan fingerprint density at radius 3 is 1.09 bits per heavy atom. The van der Waals surface area contributed by atoms with E-state index in [0.717, 1.165) is 76.0 Å². The van der Waals surface area contributed by atoms with Crippen molar-refractivity contribution in [2.75, 3.05) is 13.2 Å². The van der Waals surface area contributed by atoms with Crippen LogP contribution in [0.15, 0.2) is 0 Å². The van der Waals surface area contributed by atoms with Gasteiger partial charge in [-0.05, 0) is 31.1 Å². The van der Waals surface area contributed by atoms with E-state index < -0.39 is 6.10 Å². The fourth-order valence-corrected chi connectivity index (χ4v) is 5.52. The Hall–Kier alpha value is -1.59. The molecule has 0 radical (unpaired) electrons. The molecular formula is C39H74O6. The van der Waals surface area contributed by atoms with Crippen molar-refractivity contribution in [3.05, 3.63) is 0 Å². The lowest BCUT2D eigenvalue weighted by atomic mass is 10.0. The van der Waals surface area contributed by atoms with E-state index in [1.165, 1.54) is 83.5 Å². The van der Waals surface area contributed by atoms with E-state index in [1.807, 2.05) is 0 Å². The summed E-state index contributed by atoms with van der Waals surface area (Å²) in [5.74, 6) is 0.692. The smallest absolute Gasteiger partial charge is 0.306 e. The van der Waals surface area contributed by atoms with Crippen LogP contribution in [0.2, 0.25) is 0 Å². The summed E-state index contributed by atoms with van der Waals surface area (Å²) in [6, 6.07) is 0. The summed E-state index contributed by atoms with van der Waals surface area (Å²) in [6.07, 6.45) is 27.0. The standard InChI is InChI=1S/C39H74O6/c1-6-7-8-17-24-29-37(40)43-32-36(45-39(42)31-26-21-16-15-19-23-28-35(4)5)33-44-38(41)30-25-20-14-12-10-9-11-13-18-22-27-34(2)3/h34-36H,6-33H2,1-5H3/t36-/m0/s1. The maximum Gasteiger partial charge on any atom is 0.306 e. The van der Waals surface area contributed by atoms with Crippen LogP contribution in [0.3, 0.4) is 0 Å². The minimum Gasteiger partial charge on any atom is -0.462 e. The molecule has 0 rings (SSSR count). The van der Waals surface area contributed by atoms with Gasteiger partial charge in [0.25, 0.3) is 0 Å². The van der Waals surface area contributed by atoms with E-state index in [2.05, 4.69) is 34.6 Å². The van der Waals surface area contributed by atoms with Crippen LogP contribution in [-0.4, -0.2) is 37.2 Å². The van der Waals surface area contributed by atoms with Gasteiger partial charge in [-0.15, -0.1) is 0 Å². The van der Waals surface area contributed by atoms with Gasteiger partial charge in [-0.2, -0.15) is 0 Å². The van der Waals surface area contributed by atoms with Gasteiger partial charge >= 0.3 is 17.9 Å². The molecule has 1 atom stereocenters. The Bertz CT molecular complexity index is 689. The van der Waals surface area contributed by atoms with Crippen LogP contribution < -0.4 is 0 Å². The predicted molar refractivity (Wildman–Crippen MR) is 187 cm³/mol. The average molecular weight is 639 g/mol. The predicted octanol–water partition coefficient (Wildman–Crippen LogP) is 11.5. The van der Waals surface area contributed by atoms with Crippen molar-refractivity contribution >= 4 is 17.9 Å². The van der Waals surface area contributed by atoms with Crippen LogP contribution in [0.5, 0.6) is 0 Å². The molecule has 266 valence electrons. The molecule has 6 nitrogen and oxygen atoms in total. The molecule has 0 unspecified atom stereocenters. The average Bonchev–Trinajstić information content (AvgIpc) is 2.99. The summed E-state index contributed by atoms with van der Waals surface area (Å²) in [7, 11) is 0. The molecule has 45 heavy (non-hydrogen) atoms. The van der Waals surface area contributed by atoms with Crippen LogP contribution in [0, 0.1) is 11.8 Å². The summed E-state index contributed by atoms with van der Waals surface area (Å²) >= 11 is 0. The molecule has 0 aromatic heterocycles. The number of unbranched alkanes of at least 4 members (excludes halogenated alkanes) is 18. The molecular weight excluding hydrogens is 564 g/mol. The second-order valence-electron chi connectivity index (χ2n) is 14.2. The summed E-state index contributed by atoms with van der Waals surface area (Å²) in [6.45, 7) is 11.1. The van der Waals surface area contributed by atoms with Crippen LogP contribution in [0.4, 0.5) is 0 Å². The lowest BCUT2D eigenvalue weighted by Crippen LogP contribution is -2.30. The monoisotopic (exact) mass is 639 g/mol. The van der Waals surface area contributed by atoms with Crippen molar-refractivity contribution in [3.8, 4) is 0 Å². The molecule has 0 aromatic carbocycles. The van der Waals surface area contributed by atoms with Crippen molar-refractivity contribution in [1.29, 1.82) is 0 Å². The van der Waals surface area contributed by atoms with Crippen molar-refractivity contribution < 1.29 is 28.6 Å². The number of esters is 3. The zero-order valence-corrected chi connectivity index (χ0v) is 30.5. The van der Waals surface area contributed by atoms with Gasteiger partial charge in [0, 0.05) is 19.3 Å². The molecule has 0 fully saturated rings. The van der Waals surface area contributed by atoms with Crippen LogP contribution >= 0.6 is 0 Å². The third-order valence-electron chi connectivity index (χ3n) is 8.47. The van der Waals surface area contributed by atoms with Crippen LogP contribution in [0.1, 0.15) is 202 Å². The number of carbonyl (C=O) groups is 3. The topological polar surface area (TPSA) is 78.9 Å². The van der Waals surface area contributed by atoms with Crippen molar-refractivity contribution in [1.82, 2.24) is 0 Å². The number of hydrogen-bond acceptors (Lipinski definition) is 6. The lowest BCUT2D eigenvalue weighted by Gasteiger charge is -2.18. The zero-order chi connectivity index (χ0) is 33.4. The Labute approximate surface area is 278 Å². The van der Waals surface area contributed by atoms with Crippen molar-refractivity contribution in [2.45, 2.75) is 208 Å². The SMILES string of the molecule is CCCCCCCC(=O)OC[C@@H](COC(=O)CCCCCCCCCCCCC(C)C)OC(=O)CCCCCCCCC(C)C. The number of hydrogen-bond donors (Lipinski definition) is 0.